The average molecular weight is 447 g/mol. The molecule has 0 fully saturated rings. The van der Waals surface area contributed by atoms with Gasteiger partial charge in [-0.2, -0.15) is 5.10 Å². The van der Waals surface area contributed by atoms with Crippen LogP contribution in [0.3, 0.4) is 0 Å². The molecule has 3 aromatic carbocycles. The molecule has 0 saturated carbocycles. The third kappa shape index (κ3) is 4.70. The monoisotopic (exact) mass is 446 g/mol. The molecule has 0 aliphatic rings. The molecule has 1 heterocycles. The van der Waals surface area contributed by atoms with E-state index in [4.69, 9.17) is 0 Å². The van der Waals surface area contributed by atoms with Crippen molar-refractivity contribution in [3.05, 3.63) is 95.7 Å². The summed E-state index contributed by atoms with van der Waals surface area (Å²) in [7, 11) is -3.79. The highest BCUT2D eigenvalue weighted by molar-refractivity contribution is 7.92. The second-order valence-electron chi connectivity index (χ2n) is 7.46. The maximum Gasteiger partial charge on any atom is 0.262 e. The van der Waals surface area contributed by atoms with Gasteiger partial charge >= 0.3 is 0 Å². The van der Waals surface area contributed by atoms with Crippen molar-refractivity contribution in [3.8, 4) is 11.3 Å². The Morgan fingerprint density at radius 1 is 0.906 bits per heavy atom. The fourth-order valence-corrected chi connectivity index (χ4v) is 4.70. The summed E-state index contributed by atoms with van der Waals surface area (Å²) in [5, 5.41) is 9.68. The highest BCUT2D eigenvalue weighted by atomic mass is 32.2. The highest BCUT2D eigenvalue weighted by Gasteiger charge is 2.18. The van der Waals surface area contributed by atoms with Crippen molar-refractivity contribution in [1.82, 2.24) is 10.2 Å². The molecule has 0 saturated heterocycles. The molecule has 0 spiro atoms. The Morgan fingerprint density at radius 3 is 2.47 bits per heavy atom. The van der Waals surface area contributed by atoms with E-state index in [1.165, 1.54) is 6.07 Å². The summed E-state index contributed by atoms with van der Waals surface area (Å²) in [6, 6.07) is 20.8. The maximum atomic E-state index is 12.9. The van der Waals surface area contributed by atoms with Crippen LogP contribution in [0.2, 0.25) is 0 Å². The SMILES string of the molecule is Cc1ccc(C)c(S(=O)(=O)Nc2cccc(C(=O)Nc3cccc(-c4ccn[nH]4)c3)c2)c1. The topological polar surface area (TPSA) is 104 Å². The first kappa shape index (κ1) is 21.3. The van der Waals surface area contributed by atoms with Crippen LogP contribution >= 0.6 is 0 Å². The van der Waals surface area contributed by atoms with Gasteiger partial charge < -0.3 is 5.32 Å². The summed E-state index contributed by atoms with van der Waals surface area (Å²) in [5.74, 6) is -0.348. The molecule has 0 radical (unpaired) electrons. The van der Waals surface area contributed by atoms with Crippen LogP contribution in [-0.2, 0) is 10.0 Å². The molecule has 162 valence electrons. The Labute approximate surface area is 186 Å². The molecule has 0 aliphatic carbocycles. The number of aromatic amines is 1. The molecule has 0 bridgehead atoms. The third-order valence-electron chi connectivity index (χ3n) is 4.94. The number of aryl methyl sites for hydroxylation is 2. The van der Waals surface area contributed by atoms with Crippen molar-refractivity contribution in [2.45, 2.75) is 18.7 Å². The Bertz CT molecular complexity index is 1380. The van der Waals surface area contributed by atoms with Crippen LogP contribution in [0, 0.1) is 13.8 Å². The zero-order valence-corrected chi connectivity index (χ0v) is 18.4. The van der Waals surface area contributed by atoms with E-state index >= 15 is 0 Å². The summed E-state index contributed by atoms with van der Waals surface area (Å²) in [6.07, 6.45) is 1.66. The first-order valence-corrected chi connectivity index (χ1v) is 11.4. The lowest BCUT2D eigenvalue weighted by atomic mass is 10.1. The maximum absolute atomic E-state index is 12.9. The molecule has 1 aromatic heterocycles. The van der Waals surface area contributed by atoms with Gasteiger partial charge in [-0.1, -0.05) is 30.3 Å². The zero-order chi connectivity index (χ0) is 22.7. The molecule has 3 N–H and O–H groups in total. The Kier molecular flexibility index (Phi) is 5.79. The van der Waals surface area contributed by atoms with E-state index in [0.717, 1.165) is 16.8 Å². The number of nitrogens with one attached hydrogen (secondary N) is 3. The Balaban J connectivity index is 1.53. The van der Waals surface area contributed by atoms with Gasteiger partial charge in [-0.25, -0.2) is 8.42 Å². The van der Waals surface area contributed by atoms with E-state index in [1.807, 2.05) is 37.3 Å². The third-order valence-corrected chi connectivity index (χ3v) is 6.47. The highest BCUT2D eigenvalue weighted by Crippen LogP contribution is 2.23. The predicted molar refractivity (Wildman–Crippen MR) is 125 cm³/mol. The van der Waals surface area contributed by atoms with Gasteiger partial charge in [-0.3, -0.25) is 14.6 Å². The molecule has 7 nitrogen and oxygen atoms in total. The molecule has 0 aliphatic heterocycles. The lowest BCUT2D eigenvalue weighted by Gasteiger charge is -2.12. The fourth-order valence-electron chi connectivity index (χ4n) is 3.32. The summed E-state index contributed by atoms with van der Waals surface area (Å²) in [6.45, 7) is 3.58. The van der Waals surface area contributed by atoms with E-state index in [2.05, 4.69) is 20.2 Å². The minimum absolute atomic E-state index is 0.211. The van der Waals surface area contributed by atoms with Crippen molar-refractivity contribution in [2.75, 3.05) is 10.0 Å². The number of anilines is 2. The van der Waals surface area contributed by atoms with Gasteiger partial charge in [0.2, 0.25) is 0 Å². The largest absolute Gasteiger partial charge is 0.322 e. The fraction of sp³-hybridized carbons (Fsp3) is 0.0833. The van der Waals surface area contributed by atoms with E-state index < -0.39 is 10.0 Å². The molecule has 4 aromatic rings. The standard InChI is InChI=1S/C24H22N4O3S/c1-16-9-10-17(2)23(13-16)32(30,31)28-21-8-4-6-19(15-21)24(29)26-20-7-3-5-18(14-20)22-11-12-25-27-22/h3-15,28H,1-2H3,(H,25,27)(H,26,29). The molecule has 0 unspecified atom stereocenters. The minimum atomic E-state index is -3.79. The second-order valence-corrected chi connectivity index (χ2v) is 9.11. The van der Waals surface area contributed by atoms with Crippen molar-refractivity contribution in [1.29, 1.82) is 0 Å². The van der Waals surface area contributed by atoms with Gasteiger partial charge in [0.25, 0.3) is 15.9 Å². The molecule has 8 heteroatoms. The van der Waals surface area contributed by atoms with Gasteiger partial charge in [0.1, 0.15) is 0 Å². The van der Waals surface area contributed by atoms with E-state index in [-0.39, 0.29) is 10.8 Å². The van der Waals surface area contributed by atoms with Gasteiger partial charge in [0, 0.05) is 28.7 Å². The van der Waals surface area contributed by atoms with Crippen LogP contribution in [0.15, 0.2) is 83.9 Å². The molecule has 32 heavy (non-hydrogen) atoms. The molecular formula is C24H22N4O3S. The van der Waals surface area contributed by atoms with Gasteiger partial charge in [-0.05, 0) is 67.4 Å². The van der Waals surface area contributed by atoms with Crippen LogP contribution in [0.5, 0.6) is 0 Å². The smallest absolute Gasteiger partial charge is 0.262 e. The van der Waals surface area contributed by atoms with E-state index in [0.29, 0.717) is 22.5 Å². The second kappa shape index (κ2) is 8.68. The van der Waals surface area contributed by atoms with E-state index in [9.17, 15) is 13.2 Å². The van der Waals surface area contributed by atoms with Gasteiger partial charge in [0.05, 0.1) is 10.6 Å². The van der Waals surface area contributed by atoms with Crippen LogP contribution in [0.1, 0.15) is 21.5 Å². The van der Waals surface area contributed by atoms with Crippen molar-refractivity contribution in [2.24, 2.45) is 0 Å². The quantitative estimate of drug-likeness (QED) is 0.398. The Hall–Kier alpha value is -3.91. The normalized spacial score (nSPS) is 11.2. The van der Waals surface area contributed by atoms with Crippen LogP contribution in [0.4, 0.5) is 11.4 Å². The lowest BCUT2D eigenvalue weighted by molar-refractivity contribution is 0.102. The van der Waals surface area contributed by atoms with Gasteiger partial charge in [0.15, 0.2) is 0 Å². The van der Waals surface area contributed by atoms with Crippen molar-refractivity contribution >= 4 is 27.3 Å². The number of carbonyl (C=O) groups excluding carboxylic acids is 1. The lowest BCUT2D eigenvalue weighted by Crippen LogP contribution is -2.16. The number of hydrogen-bond donors (Lipinski definition) is 3. The summed E-state index contributed by atoms with van der Waals surface area (Å²) >= 11 is 0. The van der Waals surface area contributed by atoms with Crippen LogP contribution in [0.25, 0.3) is 11.3 Å². The molecular weight excluding hydrogens is 424 g/mol. The summed E-state index contributed by atoms with van der Waals surface area (Å²) < 4.78 is 28.3. The first-order valence-electron chi connectivity index (χ1n) is 9.93. The summed E-state index contributed by atoms with van der Waals surface area (Å²) in [4.78, 5) is 13.0. The number of amides is 1. The van der Waals surface area contributed by atoms with Crippen molar-refractivity contribution in [3.63, 3.8) is 0 Å². The molecule has 4 rings (SSSR count). The van der Waals surface area contributed by atoms with E-state index in [1.54, 1.807) is 49.5 Å². The summed E-state index contributed by atoms with van der Waals surface area (Å²) in [5.41, 5.74) is 4.47. The number of sulfonamides is 1. The number of rotatable bonds is 6. The van der Waals surface area contributed by atoms with Crippen LogP contribution in [-0.4, -0.2) is 24.5 Å². The first-order chi connectivity index (χ1) is 15.3. The van der Waals surface area contributed by atoms with Crippen LogP contribution < -0.4 is 10.0 Å². The average Bonchev–Trinajstić information content (AvgIpc) is 3.30. The molecule has 1 amide bonds. The van der Waals surface area contributed by atoms with Gasteiger partial charge in [-0.15, -0.1) is 0 Å². The number of nitrogens with zero attached hydrogens (tertiary/aromatic N) is 1. The zero-order valence-electron chi connectivity index (χ0n) is 17.6. The number of hydrogen-bond acceptors (Lipinski definition) is 4. The number of aromatic nitrogens is 2. The number of benzene rings is 3. The minimum Gasteiger partial charge on any atom is -0.322 e. The predicted octanol–water partition coefficient (Wildman–Crippen LogP) is 4.75. The van der Waals surface area contributed by atoms with Crippen molar-refractivity contribution < 1.29 is 13.2 Å². The number of H-pyrrole nitrogens is 1. The number of carbonyl (C=O) groups is 1. The molecule has 0 atom stereocenters. The Morgan fingerprint density at radius 2 is 1.69 bits per heavy atom.